The summed E-state index contributed by atoms with van der Waals surface area (Å²) < 4.78 is 11.5. The van der Waals surface area contributed by atoms with Crippen molar-refractivity contribution in [2.75, 3.05) is 19.7 Å². The van der Waals surface area contributed by atoms with Gasteiger partial charge < -0.3 is 9.15 Å². The van der Waals surface area contributed by atoms with Crippen LogP contribution in [0.2, 0.25) is 0 Å². The van der Waals surface area contributed by atoms with Crippen LogP contribution in [0.15, 0.2) is 51.7 Å². The van der Waals surface area contributed by atoms with Crippen molar-refractivity contribution in [2.24, 2.45) is 5.92 Å². The summed E-state index contributed by atoms with van der Waals surface area (Å²) in [4.78, 5) is 14.4. The lowest BCUT2D eigenvalue weighted by atomic mass is 9.97. The Kier molecular flexibility index (Phi) is 5.87. The van der Waals surface area contributed by atoms with Crippen LogP contribution in [0, 0.1) is 31.1 Å². The molecule has 30 heavy (non-hydrogen) atoms. The van der Waals surface area contributed by atoms with E-state index in [1.165, 1.54) is 5.56 Å². The van der Waals surface area contributed by atoms with Crippen molar-refractivity contribution in [3.63, 3.8) is 0 Å². The number of hydrogen-bond acceptors (Lipinski definition) is 5. The number of nitriles is 1. The maximum atomic E-state index is 11.9. The molecule has 5 heteroatoms. The van der Waals surface area contributed by atoms with Gasteiger partial charge in [-0.25, -0.2) is 4.79 Å². The molecule has 5 nitrogen and oxygen atoms in total. The van der Waals surface area contributed by atoms with E-state index in [9.17, 15) is 4.79 Å². The number of hydrogen-bond donors (Lipinski definition) is 0. The number of ether oxygens (including phenoxy) is 1. The fourth-order valence-corrected chi connectivity index (χ4v) is 3.99. The first-order valence-corrected chi connectivity index (χ1v) is 10.4. The molecule has 4 rings (SSSR count). The largest absolute Gasteiger partial charge is 0.493 e. The Morgan fingerprint density at radius 2 is 1.83 bits per heavy atom. The SMILES string of the molecule is Cc1c(C)c2ccc(OCC3CCN(Cc4ccc(C#N)cc4)CC3)cc2oc1=O. The van der Waals surface area contributed by atoms with Crippen molar-refractivity contribution >= 4 is 11.0 Å². The van der Waals surface area contributed by atoms with Crippen LogP contribution in [0.1, 0.15) is 35.1 Å². The molecule has 3 aromatic rings. The number of rotatable bonds is 5. The fourth-order valence-electron chi connectivity index (χ4n) is 3.99. The average molecular weight is 402 g/mol. The maximum absolute atomic E-state index is 11.9. The molecule has 1 aliphatic heterocycles. The first kappa shape index (κ1) is 20.2. The normalized spacial score (nSPS) is 15.2. The minimum Gasteiger partial charge on any atom is -0.493 e. The van der Waals surface area contributed by atoms with E-state index in [0.29, 0.717) is 29.2 Å². The molecule has 0 saturated carbocycles. The Bertz CT molecular complexity index is 1130. The van der Waals surface area contributed by atoms with Crippen LogP contribution in [-0.4, -0.2) is 24.6 Å². The number of fused-ring (bicyclic) bond motifs is 1. The number of benzene rings is 2. The highest BCUT2D eigenvalue weighted by molar-refractivity contribution is 5.82. The van der Waals surface area contributed by atoms with Crippen LogP contribution >= 0.6 is 0 Å². The van der Waals surface area contributed by atoms with Crippen molar-refractivity contribution in [3.8, 4) is 11.8 Å². The lowest BCUT2D eigenvalue weighted by Crippen LogP contribution is -2.35. The van der Waals surface area contributed by atoms with Crippen molar-refractivity contribution in [1.29, 1.82) is 5.26 Å². The highest BCUT2D eigenvalue weighted by Gasteiger charge is 2.20. The van der Waals surface area contributed by atoms with E-state index >= 15 is 0 Å². The van der Waals surface area contributed by atoms with Gasteiger partial charge >= 0.3 is 5.63 Å². The van der Waals surface area contributed by atoms with Gasteiger partial charge in [-0.05, 0) is 81.1 Å². The van der Waals surface area contributed by atoms with E-state index in [-0.39, 0.29) is 5.63 Å². The van der Waals surface area contributed by atoms with Gasteiger partial charge in [-0.15, -0.1) is 0 Å². The molecule has 0 unspecified atom stereocenters. The Morgan fingerprint density at radius 1 is 1.10 bits per heavy atom. The molecule has 0 N–H and O–H groups in total. The molecular formula is C25H26N2O3. The fraction of sp³-hybridized carbons (Fsp3) is 0.360. The quantitative estimate of drug-likeness (QED) is 0.585. The molecule has 2 aromatic carbocycles. The molecule has 2 heterocycles. The minimum absolute atomic E-state index is 0.285. The Balaban J connectivity index is 1.30. The monoisotopic (exact) mass is 402 g/mol. The number of piperidine rings is 1. The summed E-state index contributed by atoms with van der Waals surface area (Å²) in [6.07, 6.45) is 2.19. The van der Waals surface area contributed by atoms with E-state index in [4.69, 9.17) is 14.4 Å². The Hall–Kier alpha value is -3.10. The van der Waals surface area contributed by atoms with Crippen molar-refractivity contribution in [2.45, 2.75) is 33.2 Å². The molecule has 1 fully saturated rings. The molecule has 1 saturated heterocycles. The van der Waals surface area contributed by atoms with Gasteiger partial charge in [-0.3, -0.25) is 4.90 Å². The summed E-state index contributed by atoms with van der Waals surface area (Å²) in [6, 6.07) is 15.7. The van der Waals surface area contributed by atoms with Crippen molar-refractivity contribution in [1.82, 2.24) is 4.90 Å². The van der Waals surface area contributed by atoms with Gasteiger partial charge in [-0.1, -0.05) is 12.1 Å². The van der Waals surface area contributed by atoms with Crippen LogP contribution in [0.25, 0.3) is 11.0 Å². The number of nitrogens with zero attached hydrogens (tertiary/aromatic N) is 2. The van der Waals surface area contributed by atoms with Gasteiger partial charge in [0.1, 0.15) is 11.3 Å². The average Bonchev–Trinajstić information content (AvgIpc) is 2.77. The van der Waals surface area contributed by atoms with Crippen molar-refractivity contribution in [3.05, 3.63) is 75.1 Å². The summed E-state index contributed by atoms with van der Waals surface area (Å²) in [7, 11) is 0. The third kappa shape index (κ3) is 4.39. The molecule has 0 amide bonds. The molecule has 0 aliphatic carbocycles. The highest BCUT2D eigenvalue weighted by Crippen LogP contribution is 2.25. The van der Waals surface area contributed by atoms with E-state index in [1.54, 1.807) is 6.92 Å². The molecule has 154 valence electrons. The Labute approximate surface area is 176 Å². The third-order valence-corrected chi connectivity index (χ3v) is 6.11. The smallest absolute Gasteiger partial charge is 0.339 e. The van der Waals surface area contributed by atoms with Gasteiger partial charge in [0.2, 0.25) is 0 Å². The zero-order valence-electron chi connectivity index (χ0n) is 17.5. The topological polar surface area (TPSA) is 66.5 Å². The summed E-state index contributed by atoms with van der Waals surface area (Å²) in [5.74, 6) is 1.26. The van der Waals surface area contributed by atoms with Crippen LogP contribution in [0.3, 0.4) is 0 Å². The molecule has 0 atom stereocenters. The molecule has 0 bridgehead atoms. The van der Waals surface area contributed by atoms with E-state index in [1.807, 2.05) is 49.4 Å². The molecule has 0 spiro atoms. The van der Waals surface area contributed by atoms with Crippen LogP contribution in [0.4, 0.5) is 0 Å². The predicted octanol–water partition coefficient (Wildman–Crippen LogP) is 4.57. The molecule has 0 radical (unpaired) electrons. The van der Waals surface area contributed by atoms with Crippen LogP contribution < -0.4 is 10.4 Å². The van der Waals surface area contributed by atoms with Gasteiger partial charge in [0.15, 0.2) is 0 Å². The van der Waals surface area contributed by atoms with E-state index < -0.39 is 0 Å². The standard InChI is InChI=1S/C25H26N2O3/c1-17-18(2)25(28)30-24-13-22(7-8-23(17)24)29-16-21-9-11-27(12-10-21)15-20-5-3-19(14-26)4-6-20/h3-8,13,21H,9-12,15-16H2,1-2H3. The number of likely N-dealkylation sites (tertiary alicyclic amines) is 1. The predicted molar refractivity (Wildman–Crippen MR) is 117 cm³/mol. The molecular weight excluding hydrogens is 376 g/mol. The zero-order valence-corrected chi connectivity index (χ0v) is 17.5. The summed E-state index contributed by atoms with van der Waals surface area (Å²) in [5, 5.41) is 9.86. The second-order valence-corrected chi connectivity index (χ2v) is 8.14. The summed E-state index contributed by atoms with van der Waals surface area (Å²) in [5.41, 5.74) is 3.86. The lowest BCUT2D eigenvalue weighted by Gasteiger charge is -2.31. The molecule has 1 aliphatic rings. The lowest BCUT2D eigenvalue weighted by molar-refractivity contribution is 0.137. The van der Waals surface area contributed by atoms with Crippen molar-refractivity contribution < 1.29 is 9.15 Å². The Morgan fingerprint density at radius 3 is 2.53 bits per heavy atom. The second kappa shape index (κ2) is 8.73. The first-order valence-electron chi connectivity index (χ1n) is 10.4. The van der Waals surface area contributed by atoms with E-state index in [2.05, 4.69) is 11.0 Å². The van der Waals surface area contributed by atoms with Gasteiger partial charge in [-0.2, -0.15) is 5.26 Å². The molecule has 1 aromatic heterocycles. The van der Waals surface area contributed by atoms with Crippen LogP contribution in [-0.2, 0) is 6.54 Å². The first-order chi connectivity index (χ1) is 14.5. The zero-order chi connectivity index (χ0) is 21.1. The van der Waals surface area contributed by atoms with E-state index in [0.717, 1.165) is 49.2 Å². The number of aryl methyl sites for hydroxylation is 1. The van der Waals surface area contributed by atoms with Crippen LogP contribution in [0.5, 0.6) is 5.75 Å². The minimum atomic E-state index is -0.285. The highest BCUT2D eigenvalue weighted by atomic mass is 16.5. The second-order valence-electron chi connectivity index (χ2n) is 8.14. The van der Waals surface area contributed by atoms with Gasteiger partial charge in [0.05, 0.1) is 18.2 Å². The maximum Gasteiger partial charge on any atom is 0.339 e. The summed E-state index contributed by atoms with van der Waals surface area (Å²) in [6.45, 7) is 7.41. The third-order valence-electron chi connectivity index (χ3n) is 6.11. The van der Waals surface area contributed by atoms with Gasteiger partial charge in [0, 0.05) is 23.6 Å². The summed E-state index contributed by atoms with van der Waals surface area (Å²) >= 11 is 0. The van der Waals surface area contributed by atoms with Gasteiger partial charge in [0.25, 0.3) is 0 Å².